The van der Waals surface area contributed by atoms with E-state index < -0.39 is 18.0 Å². The van der Waals surface area contributed by atoms with Crippen LogP contribution in [0.15, 0.2) is 54.7 Å². The van der Waals surface area contributed by atoms with Gasteiger partial charge in [-0.05, 0) is 30.5 Å². The molecule has 1 atom stereocenters. The van der Waals surface area contributed by atoms with E-state index in [0.717, 1.165) is 5.39 Å². The van der Waals surface area contributed by atoms with Crippen LogP contribution in [0.5, 0.6) is 5.75 Å². The Kier molecular flexibility index (Phi) is 5.04. The Balaban J connectivity index is 1.71. The van der Waals surface area contributed by atoms with Crippen LogP contribution in [0.2, 0.25) is 5.02 Å². The van der Waals surface area contributed by atoms with Crippen molar-refractivity contribution in [1.82, 2.24) is 4.98 Å². The topological polar surface area (TPSA) is 88.5 Å². The summed E-state index contributed by atoms with van der Waals surface area (Å²) >= 11 is 5.74. The Morgan fingerprint density at radius 2 is 1.92 bits per heavy atom. The van der Waals surface area contributed by atoms with Gasteiger partial charge < -0.3 is 15.2 Å². The summed E-state index contributed by atoms with van der Waals surface area (Å²) in [5.41, 5.74) is -0.00651. The smallest absolute Gasteiger partial charge is 0.342 e. The van der Waals surface area contributed by atoms with Gasteiger partial charge in [0.25, 0.3) is 5.91 Å². The summed E-state index contributed by atoms with van der Waals surface area (Å²) in [6.07, 6.45) is 0.312. The summed E-state index contributed by atoms with van der Waals surface area (Å²) in [5.74, 6) is -1.23. The molecular formula is C19H15ClN2O4. The molecular weight excluding hydrogens is 356 g/mol. The number of nitrogens with one attached hydrogen (secondary N) is 1. The first kappa shape index (κ1) is 17.7. The zero-order valence-electron chi connectivity index (χ0n) is 13.8. The normalized spacial score (nSPS) is 11.8. The van der Waals surface area contributed by atoms with Gasteiger partial charge in [0.2, 0.25) is 0 Å². The molecule has 1 amide bonds. The molecule has 0 aliphatic carbocycles. The number of phenolic OH excluding ortho intramolecular Hbond substituents is 1. The molecule has 0 radical (unpaired) electrons. The number of fused-ring (bicyclic) bond motifs is 1. The minimum atomic E-state index is -1.08. The minimum absolute atomic E-state index is 0.00651. The van der Waals surface area contributed by atoms with Gasteiger partial charge >= 0.3 is 5.97 Å². The van der Waals surface area contributed by atoms with Gasteiger partial charge in [-0.2, -0.15) is 0 Å². The summed E-state index contributed by atoms with van der Waals surface area (Å²) in [4.78, 5) is 28.4. The Hall–Kier alpha value is -3.12. The van der Waals surface area contributed by atoms with Crippen LogP contribution in [0.4, 0.5) is 5.82 Å². The highest BCUT2D eigenvalue weighted by Gasteiger charge is 2.22. The van der Waals surface area contributed by atoms with Crippen LogP contribution in [-0.2, 0) is 9.53 Å². The number of amides is 1. The van der Waals surface area contributed by atoms with E-state index in [2.05, 4.69) is 10.3 Å². The first-order valence-electron chi connectivity index (χ1n) is 7.80. The summed E-state index contributed by atoms with van der Waals surface area (Å²) in [6, 6.07) is 13.4. The largest absolute Gasteiger partial charge is 0.506 e. The SMILES string of the molecule is C[C@@H](OC(=O)c1ccc2ccccc2c1O)C(=O)Nc1ccc(Cl)cn1. The molecule has 1 aromatic heterocycles. The molecule has 0 bridgehead atoms. The van der Waals surface area contributed by atoms with Crippen molar-refractivity contribution in [2.45, 2.75) is 13.0 Å². The number of benzene rings is 2. The molecule has 0 saturated carbocycles. The molecule has 0 saturated heterocycles. The fraction of sp³-hybridized carbons (Fsp3) is 0.105. The number of carbonyl (C=O) groups is 2. The fourth-order valence-corrected chi connectivity index (χ4v) is 2.49. The van der Waals surface area contributed by atoms with Crippen molar-refractivity contribution >= 4 is 40.1 Å². The molecule has 7 heteroatoms. The second kappa shape index (κ2) is 7.41. The summed E-state index contributed by atoms with van der Waals surface area (Å²) in [7, 11) is 0. The monoisotopic (exact) mass is 370 g/mol. The number of pyridine rings is 1. The maximum absolute atomic E-state index is 12.3. The van der Waals surface area contributed by atoms with Crippen molar-refractivity contribution in [2.75, 3.05) is 5.32 Å². The highest BCUT2D eigenvalue weighted by molar-refractivity contribution is 6.30. The zero-order chi connectivity index (χ0) is 18.7. The second-order valence-electron chi connectivity index (χ2n) is 5.58. The lowest BCUT2D eigenvalue weighted by Crippen LogP contribution is -2.30. The Morgan fingerprint density at radius 3 is 2.65 bits per heavy atom. The molecule has 1 heterocycles. The lowest BCUT2D eigenvalue weighted by molar-refractivity contribution is -0.123. The predicted molar refractivity (Wildman–Crippen MR) is 98.4 cm³/mol. The lowest BCUT2D eigenvalue weighted by Gasteiger charge is -2.14. The van der Waals surface area contributed by atoms with Crippen molar-refractivity contribution in [3.8, 4) is 5.75 Å². The van der Waals surface area contributed by atoms with Crippen LogP contribution in [0.1, 0.15) is 17.3 Å². The number of phenols is 1. The van der Waals surface area contributed by atoms with Crippen LogP contribution >= 0.6 is 11.6 Å². The van der Waals surface area contributed by atoms with E-state index in [0.29, 0.717) is 10.4 Å². The van der Waals surface area contributed by atoms with E-state index in [1.54, 1.807) is 24.3 Å². The molecule has 2 N–H and O–H groups in total. The van der Waals surface area contributed by atoms with Gasteiger partial charge in [-0.15, -0.1) is 0 Å². The van der Waals surface area contributed by atoms with Crippen LogP contribution in [-0.4, -0.2) is 28.1 Å². The molecule has 3 aromatic rings. The first-order chi connectivity index (χ1) is 12.5. The number of halogens is 1. The molecule has 3 rings (SSSR count). The van der Waals surface area contributed by atoms with Gasteiger partial charge in [-0.3, -0.25) is 4.79 Å². The Labute approximate surface area is 154 Å². The number of anilines is 1. The van der Waals surface area contributed by atoms with Crippen LogP contribution in [0.3, 0.4) is 0 Å². The van der Waals surface area contributed by atoms with Gasteiger partial charge in [0.05, 0.1) is 5.02 Å². The number of hydrogen-bond donors (Lipinski definition) is 2. The number of nitrogens with zero attached hydrogens (tertiary/aromatic N) is 1. The highest BCUT2D eigenvalue weighted by Crippen LogP contribution is 2.29. The van der Waals surface area contributed by atoms with Crippen molar-refractivity contribution in [2.24, 2.45) is 0 Å². The van der Waals surface area contributed by atoms with Crippen LogP contribution in [0.25, 0.3) is 10.8 Å². The van der Waals surface area contributed by atoms with Gasteiger partial charge in [0.1, 0.15) is 17.1 Å². The average molecular weight is 371 g/mol. The number of aromatic nitrogens is 1. The van der Waals surface area contributed by atoms with E-state index in [-0.39, 0.29) is 17.1 Å². The number of aromatic hydroxyl groups is 1. The van der Waals surface area contributed by atoms with Gasteiger partial charge in [0, 0.05) is 11.6 Å². The molecule has 0 aliphatic rings. The number of hydrogen-bond acceptors (Lipinski definition) is 5. The number of ether oxygens (including phenoxy) is 1. The Morgan fingerprint density at radius 1 is 1.15 bits per heavy atom. The third kappa shape index (κ3) is 3.75. The summed E-state index contributed by atoms with van der Waals surface area (Å²) in [5, 5.41) is 14.6. The second-order valence-corrected chi connectivity index (χ2v) is 6.02. The van der Waals surface area contributed by atoms with Gasteiger partial charge in [-0.1, -0.05) is 41.9 Å². The zero-order valence-corrected chi connectivity index (χ0v) is 14.5. The molecule has 26 heavy (non-hydrogen) atoms. The lowest BCUT2D eigenvalue weighted by atomic mass is 10.1. The van der Waals surface area contributed by atoms with Crippen molar-refractivity contribution in [1.29, 1.82) is 0 Å². The van der Waals surface area contributed by atoms with Crippen molar-refractivity contribution < 1.29 is 19.4 Å². The standard InChI is InChI=1S/C19H15ClN2O4/c1-11(18(24)22-16-9-7-13(20)10-21-16)26-19(25)15-8-6-12-4-2-3-5-14(12)17(15)23/h2-11,23H,1H3,(H,21,22,24)/t11-/m1/s1. The number of rotatable bonds is 4. The van der Waals surface area contributed by atoms with E-state index in [1.807, 2.05) is 12.1 Å². The Bertz CT molecular complexity index is 973. The fourth-order valence-electron chi connectivity index (χ4n) is 2.38. The van der Waals surface area contributed by atoms with Gasteiger partial charge in [-0.25, -0.2) is 9.78 Å². The van der Waals surface area contributed by atoms with E-state index in [4.69, 9.17) is 16.3 Å². The third-order valence-corrected chi connectivity index (χ3v) is 3.98. The molecule has 132 valence electrons. The van der Waals surface area contributed by atoms with Crippen molar-refractivity contribution in [3.05, 3.63) is 65.3 Å². The average Bonchev–Trinajstić information content (AvgIpc) is 2.64. The van der Waals surface area contributed by atoms with Gasteiger partial charge in [0.15, 0.2) is 6.10 Å². The maximum Gasteiger partial charge on any atom is 0.342 e. The molecule has 0 spiro atoms. The summed E-state index contributed by atoms with van der Waals surface area (Å²) < 4.78 is 5.16. The molecule has 6 nitrogen and oxygen atoms in total. The van der Waals surface area contributed by atoms with E-state index >= 15 is 0 Å². The molecule has 0 aliphatic heterocycles. The quantitative estimate of drug-likeness (QED) is 0.682. The summed E-state index contributed by atoms with van der Waals surface area (Å²) in [6.45, 7) is 1.43. The molecule has 2 aromatic carbocycles. The van der Waals surface area contributed by atoms with E-state index in [9.17, 15) is 14.7 Å². The molecule has 0 fully saturated rings. The van der Waals surface area contributed by atoms with E-state index in [1.165, 1.54) is 25.3 Å². The number of carbonyl (C=O) groups excluding carboxylic acids is 2. The number of esters is 1. The first-order valence-corrected chi connectivity index (χ1v) is 8.17. The van der Waals surface area contributed by atoms with Crippen molar-refractivity contribution in [3.63, 3.8) is 0 Å². The maximum atomic E-state index is 12.3. The molecule has 0 unspecified atom stereocenters. The van der Waals surface area contributed by atoms with Crippen LogP contribution < -0.4 is 5.32 Å². The highest BCUT2D eigenvalue weighted by atomic mass is 35.5. The van der Waals surface area contributed by atoms with Crippen LogP contribution in [0, 0.1) is 0 Å². The third-order valence-electron chi connectivity index (χ3n) is 3.75. The predicted octanol–water partition coefficient (Wildman–Crippen LogP) is 3.78. The minimum Gasteiger partial charge on any atom is -0.506 e.